The molecule has 0 aliphatic carbocycles. The first kappa shape index (κ1) is 11.8. The van der Waals surface area contributed by atoms with Crippen molar-refractivity contribution >= 4 is 5.91 Å². The van der Waals surface area contributed by atoms with E-state index in [-0.39, 0.29) is 5.91 Å². The van der Waals surface area contributed by atoms with Gasteiger partial charge in [-0.3, -0.25) is 4.79 Å². The van der Waals surface area contributed by atoms with E-state index in [1.807, 2.05) is 17.8 Å². The topological polar surface area (TPSA) is 37.3 Å². The molecule has 0 spiro atoms. The molecular formula is C11H19N3O. The average Bonchev–Trinajstić information content (AvgIpc) is 2.58. The number of carbonyl (C=O) groups excluding carboxylic acids is 1. The van der Waals surface area contributed by atoms with Gasteiger partial charge in [0.1, 0.15) is 0 Å². The Hall–Kier alpha value is -1.29. The predicted molar refractivity (Wildman–Crippen MR) is 60.4 cm³/mol. The summed E-state index contributed by atoms with van der Waals surface area (Å²) >= 11 is 0. The Bertz CT molecular complexity index is 317. The zero-order chi connectivity index (χ0) is 11.3. The molecule has 0 fully saturated rings. The molecule has 0 unspecified atom stereocenters. The highest BCUT2D eigenvalue weighted by atomic mass is 16.2. The molecule has 15 heavy (non-hydrogen) atoms. The molecular weight excluding hydrogens is 190 g/mol. The summed E-state index contributed by atoms with van der Waals surface area (Å²) in [5.41, 5.74) is 1.25. The fourth-order valence-corrected chi connectivity index (χ4v) is 1.32. The second-order valence-electron chi connectivity index (χ2n) is 3.90. The average molecular weight is 209 g/mol. The number of nitrogens with zero attached hydrogens (tertiary/aromatic N) is 2. The first-order valence-electron chi connectivity index (χ1n) is 5.11. The van der Waals surface area contributed by atoms with Crippen molar-refractivity contribution in [2.45, 2.75) is 13.0 Å². The number of aryl methyl sites for hydroxylation is 1. The van der Waals surface area contributed by atoms with E-state index in [0.717, 1.165) is 13.1 Å². The monoisotopic (exact) mass is 209 g/mol. The number of aromatic nitrogens is 1. The summed E-state index contributed by atoms with van der Waals surface area (Å²) < 4.78 is 2.02. The Balaban J connectivity index is 2.15. The van der Waals surface area contributed by atoms with Gasteiger partial charge in [0.25, 0.3) is 0 Å². The lowest BCUT2D eigenvalue weighted by Gasteiger charge is -2.10. The van der Waals surface area contributed by atoms with Crippen molar-refractivity contribution in [2.75, 3.05) is 20.6 Å². The van der Waals surface area contributed by atoms with Gasteiger partial charge in [-0.2, -0.15) is 0 Å². The highest BCUT2D eigenvalue weighted by Crippen LogP contribution is 1.98. The van der Waals surface area contributed by atoms with Crippen LogP contribution in [-0.4, -0.2) is 36.0 Å². The lowest BCUT2D eigenvalue weighted by molar-refractivity contribution is -0.128. The molecule has 1 N–H and O–H groups in total. The molecule has 0 aromatic carbocycles. The molecule has 84 valence electrons. The van der Waals surface area contributed by atoms with E-state index in [1.165, 1.54) is 5.56 Å². The predicted octanol–water partition coefficient (Wildman–Crippen LogP) is 0.593. The molecule has 1 amide bonds. The van der Waals surface area contributed by atoms with Gasteiger partial charge in [0.15, 0.2) is 0 Å². The third-order valence-corrected chi connectivity index (χ3v) is 2.24. The molecule has 0 aliphatic heterocycles. The number of hydrogen-bond acceptors (Lipinski definition) is 2. The van der Waals surface area contributed by atoms with E-state index in [9.17, 15) is 4.79 Å². The fraction of sp³-hybridized carbons (Fsp3) is 0.545. The summed E-state index contributed by atoms with van der Waals surface area (Å²) in [5.74, 6) is 0.163. The van der Waals surface area contributed by atoms with E-state index in [1.54, 1.807) is 19.0 Å². The number of nitrogens with one attached hydrogen (secondary N) is 1. The largest absolute Gasteiger partial charge is 0.357 e. The van der Waals surface area contributed by atoms with Gasteiger partial charge in [0, 0.05) is 53.0 Å². The van der Waals surface area contributed by atoms with Crippen molar-refractivity contribution in [2.24, 2.45) is 7.05 Å². The second-order valence-corrected chi connectivity index (χ2v) is 3.90. The Kier molecular flexibility index (Phi) is 4.37. The Morgan fingerprint density at radius 1 is 1.53 bits per heavy atom. The minimum Gasteiger partial charge on any atom is -0.357 e. The Morgan fingerprint density at radius 3 is 2.80 bits per heavy atom. The van der Waals surface area contributed by atoms with E-state index in [2.05, 4.69) is 17.6 Å². The van der Waals surface area contributed by atoms with Crippen LogP contribution >= 0.6 is 0 Å². The Labute approximate surface area is 90.9 Å². The van der Waals surface area contributed by atoms with E-state index >= 15 is 0 Å². The molecule has 0 radical (unpaired) electrons. The van der Waals surface area contributed by atoms with Crippen LogP contribution in [0.25, 0.3) is 0 Å². The van der Waals surface area contributed by atoms with Gasteiger partial charge >= 0.3 is 0 Å². The van der Waals surface area contributed by atoms with Crippen molar-refractivity contribution in [3.63, 3.8) is 0 Å². The minimum absolute atomic E-state index is 0.163. The number of carbonyl (C=O) groups is 1. The van der Waals surface area contributed by atoms with Gasteiger partial charge in [0.05, 0.1) is 0 Å². The smallest absolute Gasteiger partial charge is 0.223 e. The molecule has 0 saturated carbocycles. The van der Waals surface area contributed by atoms with Crippen LogP contribution in [0.2, 0.25) is 0 Å². The molecule has 0 saturated heterocycles. The molecule has 0 atom stereocenters. The summed E-state index contributed by atoms with van der Waals surface area (Å²) in [6.07, 6.45) is 4.64. The van der Waals surface area contributed by atoms with Crippen molar-refractivity contribution in [3.8, 4) is 0 Å². The highest BCUT2D eigenvalue weighted by molar-refractivity contribution is 5.75. The normalized spacial score (nSPS) is 10.3. The summed E-state index contributed by atoms with van der Waals surface area (Å²) in [6, 6.07) is 2.07. The molecule has 1 rings (SSSR count). The maximum absolute atomic E-state index is 11.2. The van der Waals surface area contributed by atoms with Crippen molar-refractivity contribution < 1.29 is 4.79 Å². The van der Waals surface area contributed by atoms with Crippen molar-refractivity contribution in [3.05, 3.63) is 24.0 Å². The lowest BCUT2D eigenvalue weighted by atomic mass is 10.3. The zero-order valence-electron chi connectivity index (χ0n) is 9.66. The van der Waals surface area contributed by atoms with E-state index in [4.69, 9.17) is 0 Å². The van der Waals surface area contributed by atoms with Gasteiger partial charge in [-0.15, -0.1) is 0 Å². The van der Waals surface area contributed by atoms with E-state index in [0.29, 0.717) is 6.42 Å². The van der Waals surface area contributed by atoms with Crippen LogP contribution in [0.4, 0.5) is 0 Å². The first-order chi connectivity index (χ1) is 7.09. The number of hydrogen-bond donors (Lipinski definition) is 1. The molecule has 0 aliphatic rings. The maximum atomic E-state index is 11.2. The number of rotatable bonds is 5. The van der Waals surface area contributed by atoms with Crippen molar-refractivity contribution in [1.29, 1.82) is 0 Å². The van der Waals surface area contributed by atoms with Crippen LogP contribution in [-0.2, 0) is 18.4 Å². The fourth-order valence-electron chi connectivity index (χ4n) is 1.32. The van der Waals surface area contributed by atoms with Crippen LogP contribution in [0.5, 0.6) is 0 Å². The van der Waals surface area contributed by atoms with E-state index < -0.39 is 0 Å². The third kappa shape index (κ3) is 4.16. The molecule has 1 aromatic rings. The molecule has 4 heteroatoms. The van der Waals surface area contributed by atoms with Gasteiger partial charge in [0.2, 0.25) is 5.91 Å². The number of amides is 1. The summed E-state index contributed by atoms with van der Waals surface area (Å²) in [4.78, 5) is 12.9. The van der Waals surface area contributed by atoms with Gasteiger partial charge < -0.3 is 14.8 Å². The summed E-state index contributed by atoms with van der Waals surface area (Å²) in [5, 5.41) is 3.24. The Morgan fingerprint density at radius 2 is 2.27 bits per heavy atom. The zero-order valence-corrected chi connectivity index (χ0v) is 9.66. The molecule has 1 heterocycles. The van der Waals surface area contributed by atoms with Crippen molar-refractivity contribution in [1.82, 2.24) is 14.8 Å². The van der Waals surface area contributed by atoms with Crippen LogP contribution in [0.3, 0.4) is 0 Å². The summed E-state index contributed by atoms with van der Waals surface area (Å²) in [6.45, 7) is 1.55. The molecule has 4 nitrogen and oxygen atoms in total. The molecule has 1 aromatic heterocycles. The van der Waals surface area contributed by atoms with Gasteiger partial charge in [-0.25, -0.2) is 0 Å². The van der Waals surface area contributed by atoms with Crippen LogP contribution in [0.1, 0.15) is 12.0 Å². The maximum Gasteiger partial charge on any atom is 0.223 e. The first-order valence-corrected chi connectivity index (χ1v) is 5.11. The van der Waals surface area contributed by atoms with Crippen LogP contribution < -0.4 is 5.32 Å². The van der Waals surface area contributed by atoms with Gasteiger partial charge in [-0.05, 0) is 11.6 Å². The van der Waals surface area contributed by atoms with Gasteiger partial charge in [-0.1, -0.05) is 0 Å². The van der Waals surface area contributed by atoms with Crippen LogP contribution in [0.15, 0.2) is 18.5 Å². The lowest BCUT2D eigenvalue weighted by Crippen LogP contribution is -2.26. The quantitative estimate of drug-likeness (QED) is 0.721. The second kappa shape index (κ2) is 5.56. The standard InChI is InChI=1S/C11H19N3O/c1-13(2)11(15)4-6-12-8-10-5-7-14(3)9-10/h5,7,9,12H,4,6,8H2,1-3H3. The minimum atomic E-state index is 0.163. The molecule has 0 bridgehead atoms. The third-order valence-electron chi connectivity index (χ3n) is 2.24. The highest BCUT2D eigenvalue weighted by Gasteiger charge is 2.02. The summed E-state index contributed by atoms with van der Waals surface area (Å²) in [7, 11) is 5.55. The van der Waals surface area contributed by atoms with Crippen LogP contribution in [0, 0.1) is 0 Å². The SMILES string of the molecule is CN(C)C(=O)CCNCc1ccn(C)c1.